The quantitative estimate of drug-likeness (QED) is 0.109. The van der Waals surface area contributed by atoms with Gasteiger partial charge in [0, 0.05) is 29.9 Å². The summed E-state index contributed by atoms with van der Waals surface area (Å²) in [6.07, 6.45) is 18.0. The molecule has 2 N–H and O–H groups in total. The van der Waals surface area contributed by atoms with E-state index in [9.17, 15) is 4.79 Å². The smallest absolute Gasteiger partial charge is 0.323 e. The second-order valence-electron chi connectivity index (χ2n) is 12.5. The van der Waals surface area contributed by atoms with Gasteiger partial charge in [0.15, 0.2) is 12.7 Å². The number of nitrogens with one attached hydrogen (secondary N) is 2. The molecule has 0 saturated carbocycles. The van der Waals surface area contributed by atoms with E-state index in [4.69, 9.17) is 4.74 Å². The van der Waals surface area contributed by atoms with Crippen molar-refractivity contribution in [2.45, 2.75) is 124 Å². The molecule has 0 unspecified atom stereocenters. The molecule has 0 saturated heterocycles. The number of urea groups is 1. The van der Waals surface area contributed by atoms with Gasteiger partial charge < -0.3 is 32.4 Å². The number of anilines is 2. The summed E-state index contributed by atoms with van der Waals surface area (Å²) in [5.41, 5.74) is 3.74. The fourth-order valence-electron chi connectivity index (χ4n) is 5.24. The summed E-state index contributed by atoms with van der Waals surface area (Å²) in [5, 5.41) is 9.33. The Kier molecular flexibility index (Phi) is 17.0. The van der Waals surface area contributed by atoms with Crippen molar-refractivity contribution in [1.82, 2.24) is 0 Å². The summed E-state index contributed by atoms with van der Waals surface area (Å²) in [6, 6.07) is 13.7. The van der Waals surface area contributed by atoms with E-state index in [-0.39, 0.29) is 28.4 Å². The van der Waals surface area contributed by atoms with Crippen LogP contribution in [0.5, 0.6) is 5.75 Å². The zero-order valence-corrected chi connectivity index (χ0v) is 29.5. The lowest BCUT2D eigenvalue weighted by molar-refractivity contribution is -0.689. The van der Waals surface area contributed by atoms with Crippen LogP contribution in [0.2, 0.25) is 0 Å². The Labute approximate surface area is 275 Å². The molecule has 3 rings (SSSR count). The molecule has 238 valence electrons. The summed E-state index contributed by atoms with van der Waals surface area (Å²) in [4.78, 5) is 12.9. The average molecular weight is 673 g/mol. The Hall–Kier alpha value is -2.38. The van der Waals surface area contributed by atoms with Gasteiger partial charge in [0.25, 0.3) is 0 Å². The molecule has 0 aliphatic rings. The number of benzene rings is 2. The highest BCUT2D eigenvalue weighted by Crippen LogP contribution is 2.34. The van der Waals surface area contributed by atoms with Crippen molar-refractivity contribution in [3.05, 3.63) is 70.2 Å². The monoisotopic (exact) mass is 671 g/mol. The van der Waals surface area contributed by atoms with Gasteiger partial charge in [-0.2, -0.15) is 4.57 Å². The number of amides is 2. The average Bonchev–Trinajstić information content (AvgIpc) is 3.34. The van der Waals surface area contributed by atoms with Crippen LogP contribution in [0.4, 0.5) is 16.2 Å². The zero-order chi connectivity index (χ0) is 30.2. The van der Waals surface area contributed by atoms with Gasteiger partial charge in [0.1, 0.15) is 5.75 Å². The van der Waals surface area contributed by atoms with E-state index in [0.717, 1.165) is 41.2 Å². The number of carbonyl (C=O) groups excluding carboxylic acids is 1. The molecular formula is C36H54BrN3O2S. The molecule has 0 spiro atoms. The molecule has 43 heavy (non-hydrogen) atoms. The van der Waals surface area contributed by atoms with Crippen LogP contribution in [0.25, 0.3) is 0 Å². The van der Waals surface area contributed by atoms with Gasteiger partial charge in [-0.15, -0.1) is 0 Å². The molecule has 1 aromatic heterocycles. The number of aryl methyl sites for hydroxylation is 1. The zero-order valence-electron chi connectivity index (χ0n) is 27.1. The standard InChI is InChI=1S/C36H53N3O2S.BrH/c1-6-7-8-9-10-11-12-13-14-15-16-17-24-41-34-27-32(21-22-33(34)36(3,4)5)38-35(40)37-31-20-18-19-30(26-31)28-39-23-25-42-29(39)2;/h18-23,25-27H,6-17,24,28H2,1-5H3,(H-,37,38,40);1H. The Morgan fingerprint density at radius 3 is 2.02 bits per heavy atom. The third-order valence-electron chi connectivity index (χ3n) is 7.72. The van der Waals surface area contributed by atoms with Crippen LogP contribution in [0.3, 0.4) is 0 Å². The largest absolute Gasteiger partial charge is 1.00 e. The molecule has 2 aromatic carbocycles. The summed E-state index contributed by atoms with van der Waals surface area (Å²) >= 11 is 1.73. The fourth-order valence-corrected chi connectivity index (χ4v) is 5.91. The molecule has 2 amide bonds. The molecule has 0 fully saturated rings. The van der Waals surface area contributed by atoms with E-state index in [1.807, 2.05) is 30.3 Å². The van der Waals surface area contributed by atoms with Crippen LogP contribution in [0.1, 0.15) is 121 Å². The van der Waals surface area contributed by atoms with Crippen LogP contribution in [-0.4, -0.2) is 12.6 Å². The third-order valence-corrected chi connectivity index (χ3v) is 8.56. The minimum atomic E-state index is -0.262. The molecule has 5 nitrogen and oxygen atoms in total. The molecule has 0 radical (unpaired) electrons. The van der Waals surface area contributed by atoms with Gasteiger partial charge in [-0.1, -0.05) is 128 Å². The first kappa shape index (κ1) is 36.8. The SMILES string of the molecule is CCCCCCCCCCCCCCOc1cc(NC(=O)Nc2cccc(C[n+]3ccsc3C)c2)ccc1C(C)(C)C.[Br-]. The lowest BCUT2D eigenvalue weighted by Crippen LogP contribution is -3.00. The van der Waals surface area contributed by atoms with Gasteiger partial charge in [0.05, 0.1) is 12.0 Å². The predicted octanol–water partition coefficient (Wildman–Crippen LogP) is 7.42. The molecule has 0 aliphatic heterocycles. The number of nitrogens with zero attached hydrogens (tertiary/aromatic N) is 1. The Morgan fingerprint density at radius 2 is 1.44 bits per heavy atom. The number of aromatic nitrogens is 1. The summed E-state index contributed by atoms with van der Waals surface area (Å²) < 4.78 is 8.51. The van der Waals surface area contributed by atoms with Crippen LogP contribution in [0.15, 0.2) is 54.0 Å². The number of halogens is 1. The number of unbranched alkanes of at least 4 members (excludes halogenated alkanes) is 11. The second-order valence-corrected chi connectivity index (χ2v) is 13.6. The minimum Gasteiger partial charge on any atom is -1.00 e. The van der Waals surface area contributed by atoms with Gasteiger partial charge in [-0.25, -0.2) is 4.79 Å². The lowest BCUT2D eigenvalue weighted by atomic mass is 9.86. The summed E-state index contributed by atoms with van der Waals surface area (Å²) in [7, 11) is 0. The molecule has 7 heteroatoms. The number of carbonyl (C=O) groups is 1. The normalized spacial score (nSPS) is 11.2. The highest BCUT2D eigenvalue weighted by atomic mass is 79.9. The van der Waals surface area contributed by atoms with Crippen LogP contribution >= 0.6 is 11.3 Å². The molecular weight excluding hydrogens is 618 g/mol. The van der Waals surface area contributed by atoms with E-state index in [1.54, 1.807) is 11.3 Å². The van der Waals surface area contributed by atoms with E-state index < -0.39 is 0 Å². The highest BCUT2D eigenvalue weighted by molar-refractivity contribution is 7.09. The van der Waals surface area contributed by atoms with Crippen molar-refractivity contribution in [3.8, 4) is 5.75 Å². The van der Waals surface area contributed by atoms with Crippen molar-refractivity contribution in [1.29, 1.82) is 0 Å². The van der Waals surface area contributed by atoms with E-state index in [0.29, 0.717) is 6.61 Å². The summed E-state index contributed by atoms with van der Waals surface area (Å²) in [6.45, 7) is 12.5. The van der Waals surface area contributed by atoms with Crippen molar-refractivity contribution in [3.63, 3.8) is 0 Å². The first-order chi connectivity index (χ1) is 20.3. The minimum absolute atomic E-state index is 0. The maximum atomic E-state index is 12.9. The molecule has 0 atom stereocenters. The number of rotatable bonds is 18. The maximum Gasteiger partial charge on any atom is 0.323 e. The number of ether oxygens (including phenoxy) is 1. The first-order valence-corrected chi connectivity index (χ1v) is 17.0. The molecule has 0 bridgehead atoms. The van der Waals surface area contributed by atoms with Crippen molar-refractivity contribution >= 4 is 28.7 Å². The Morgan fingerprint density at radius 1 is 0.837 bits per heavy atom. The molecule has 3 aromatic rings. The topological polar surface area (TPSA) is 54.2 Å². The number of thiazole rings is 1. The Balaban J connectivity index is 0.00000645. The Bertz CT molecular complexity index is 1220. The van der Waals surface area contributed by atoms with E-state index in [1.165, 1.54) is 75.6 Å². The van der Waals surface area contributed by atoms with Crippen LogP contribution in [0, 0.1) is 6.92 Å². The molecule has 0 aliphatic carbocycles. The summed E-state index contributed by atoms with van der Waals surface area (Å²) in [5.74, 6) is 0.855. The highest BCUT2D eigenvalue weighted by Gasteiger charge is 2.20. The van der Waals surface area contributed by atoms with Crippen molar-refractivity contribution in [2.24, 2.45) is 0 Å². The number of hydrogen-bond donors (Lipinski definition) is 2. The number of hydrogen-bond acceptors (Lipinski definition) is 3. The van der Waals surface area contributed by atoms with Gasteiger partial charge in [-0.05, 0) is 35.6 Å². The van der Waals surface area contributed by atoms with E-state index in [2.05, 4.69) is 73.5 Å². The van der Waals surface area contributed by atoms with Crippen LogP contribution in [-0.2, 0) is 12.0 Å². The van der Waals surface area contributed by atoms with E-state index >= 15 is 0 Å². The predicted molar refractivity (Wildman–Crippen MR) is 179 cm³/mol. The first-order valence-electron chi connectivity index (χ1n) is 16.1. The maximum absolute atomic E-state index is 12.9. The third kappa shape index (κ3) is 13.9. The van der Waals surface area contributed by atoms with Gasteiger partial charge in [0.2, 0.25) is 5.01 Å². The van der Waals surface area contributed by atoms with Crippen LogP contribution < -0.4 is 36.9 Å². The van der Waals surface area contributed by atoms with Crippen molar-refractivity contribution in [2.75, 3.05) is 17.2 Å². The van der Waals surface area contributed by atoms with Gasteiger partial charge in [-0.3, -0.25) is 0 Å². The van der Waals surface area contributed by atoms with Gasteiger partial charge >= 0.3 is 6.03 Å². The molecule has 1 heterocycles. The fraction of sp³-hybridized carbons (Fsp3) is 0.556. The lowest BCUT2D eigenvalue weighted by Gasteiger charge is -2.23. The van der Waals surface area contributed by atoms with Crippen molar-refractivity contribution < 1.29 is 31.1 Å². The second kappa shape index (κ2) is 19.8.